The van der Waals surface area contributed by atoms with E-state index in [1.807, 2.05) is 54.6 Å². The van der Waals surface area contributed by atoms with Gasteiger partial charge in [0.25, 0.3) is 0 Å². The zero-order valence-corrected chi connectivity index (χ0v) is 27.7. The van der Waals surface area contributed by atoms with Crippen molar-refractivity contribution in [2.75, 3.05) is 9.80 Å². The molecule has 6 heteroatoms. The smallest absolute Gasteiger partial charge is 0.346 e. The highest BCUT2D eigenvalue weighted by Crippen LogP contribution is 2.40. The molecule has 0 aliphatic heterocycles. The molecule has 0 bridgehead atoms. The van der Waals surface area contributed by atoms with Crippen molar-refractivity contribution in [2.24, 2.45) is 0 Å². The van der Waals surface area contributed by atoms with Gasteiger partial charge in [-0.25, -0.2) is 4.79 Å². The van der Waals surface area contributed by atoms with Crippen LogP contribution in [-0.2, 0) is 4.79 Å². The molecule has 0 saturated carbocycles. The number of carboxylic acid groups (broad SMARTS) is 1. The summed E-state index contributed by atoms with van der Waals surface area (Å²) in [5.74, 6) is -1.24. The lowest BCUT2D eigenvalue weighted by Crippen LogP contribution is -2.09. The van der Waals surface area contributed by atoms with E-state index in [9.17, 15) is 9.90 Å². The van der Waals surface area contributed by atoms with E-state index in [1.165, 1.54) is 21.4 Å². The van der Waals surface area contributed by atoms with Crippen LogP contribution in [0.5, 0.6) is 0 Å². The third kappa shape index (κ3) is 6.95. The van der Waals surface area contributed by atoms with Gasteiger partial charge in [0.05, 0.1) is 0 Å². The lowest BCUT2D eigenvalue weighted by Gasteiger charge is -2.25. The van der Waals surface area contributed by atoms with Crippen molar-refractivity contribution in [1.82, 2.24) is 0 Å². The fraction of sp³-hybridized carbons (Fsp3) is 0. The Labute approximate surface area is 295 Å². The number of anilines is 6. The lowest BCUT2D eigenvalue weighted by molar-refractivity contribution is -0.132. The summed E-state index contributed by atoms with van der Waals surface area (Å²) >= 11 is 1.77. The number of hydrogen-bond donors (Lipinski definition) is 1. The molecule has 5 nitrogen and oxygen atoms in total. The number of nitriles is 1. The summed E-state index contributed by atoms with van der Waals surface area (Å²) in [4.78, 5) is 18.1. The lowest BCUT2D eigenvalue weighted by atomic mass is 10.1. The molecule has 6 aromatic carbocycles. The van der Waals surface area contributed by atoms with Crippen LogP contribution < -0.4 is 9.80 Å². The van der Waals surface area contributed by atoms with Crippen molar-refractivity contribution >= 4 is 57.5 Å². The van der Waals surface area contributed by atoms with Crippen LogP contribution in [0.25, 0.3) is 27.0 Å². The summed E-state index contributed by atoms with van der Waals surface area (Å²) in [6, 6.07) is 61.8. The number of thiophene rings is 1. The SMILES string of the molecule is N#CC(=Cc1ccc(N(c2ccccc2)c2ccc(-c3ccc(-c4ccc(N(c5ccccc5)c5ccccc5)cc4)s3)cc2)cc1)C(=O)O. The highest BCUT2D eigenvalue weighted by molar-refractivity contribution is 7.18. The van der Waals surface area contributed by atoms with Gasteiger partial charge >= 0.3 is 5.97 Å². The van der Waals surface area contributed by atoms with Gasteiger partial charge in [0.15, 0.2) is 0 Å². The van der Waals surface area contributed by atoms with Crippen molar-refractivity contribution in [3.05, 3.63) is 187 Å². The van der Waals surface area contributed by atoms with Gasteiger partial charge < -0.3 is 14.9 Å². The summed E-state index contributed by atoms with van der Waals surface area (Å²) in [7, 11) is 0. The van der Waals surface area contributed by atoms with E-state index in [2.05, 4.69) is 131 Å². The number of aliphatic carboxylic acids is 1. The number of carboxylic acids is 1. The van der Waals surface area contributed by atoms with Crippen LogP contribution in [-0.4, -0.2) is 11.1 Å². The summed E-state index contributed by atoms with van der Waals surface area (Å²) < 4.78 is 0. The molecule has 0 aliphatic carbocycles. The minimum atomic E-state index is -1.24. The first-order valence-corrected chi connectivity index (χ1v) is 16.9. The van der Waals surface area contributed by atoms with Crippen molar-refractivity contribution in [1.29, 1.82) is 5.26 Å². The van der Waals surface area contributed by atoms with Crippen molar-refractivity contribution < 1.29 is 9.90 Å². The van der Waals surface area contributed by atoms with Gasteiger partial charge in [-0.2, -0.15) is 5.26 Å². The van der Waals surface area contributed by atoms with Gasteiger partial charge in [0.1, 0.15) is 11.6 Å². The van der Waals surface area contributed by atoms with Gasteiger partial charge in [-0.1, -0.05) is 91.0 Å². The largest absolute Gasteiger partial charge is 0.477 e. The van der Waals surface area contributed by atoms with Crippen LogP contribution in [0.15, 0.2) is 181 Å². The summed E-state index contributed by atoms with van der Waals surface area (Å²) in [5, 5.41) is 18.4. The van der Waals surface area contributed by atoms with E-state index in [4.69, 9.17) is 5.26 Å². The second-order valence-electron chi connectivity index (χ2n) is 11.5. The summed E-state index contributed by atoms with van der Waals surface area (Å²) in [6.07, 6.45) is 1.38. The molecular formula is C44H31N3O2S. The van der Waals surface area contributed by atoms with E-state index < -0.39 is 5.97 Å². The Kier molecular flexibility index (Phi) is 9.32. The average Bonchev–Trinajstić information content (AvgIpc) is 3.67. The molecule has 1 N–H and O–H groups in total. The van der Waals surface area contributed by atoms with Crippen LogP contribution in [0.2, 0.25) is 0 Å². The molecule has 0 spiro atoms. The molecule has 0 amide bonds. The van der Waals surface area contributed by atoms with Crippen LogP contribution in [0.4, 0.5) is 34.1 Å². The zero-order chi connectivity index (χ0) is 34.3. The average molecular weight is 666 g/mol. The molecule has 0 radical (unpaired) electrons. The Balaban J connectivity index is 1.13. The van der Waals surface area contributed by atoms with E-state index in [-0.39, 0.29) is 5.57 Å². The number of hydrogen-bond acceptors (Lipinski definition) is 5. The van der Waals surface area contributed by atoms with Crippen LogP contribution in [0.1, 0.15) is 5.56 Å². The van der Waals surface area contributed by atoms with Crippen molar-refractivity contribution in [2.45, 2.75) is 0 Å². The first-order valence-electron chi connectivity index (χ1n) is 16.1. The molecule has 7 aromatic rings. The molecule has 1 heterocycles. The van der Waals surface area contributed by atoms with E-state index in [0.29, 0.717) is 5.56 Å². The molecule has 1 aromatic heterocycles. The predicted molar refractivity (Wildman–Crippen MR) is 206 cm³/mol. The Hall–Kier alpha value is -6.68. The minimum absolute atomic E-state index is 0.306. The number of benzene rings is 6. The Bertz CT molecular complexity index is 2240. The monoisotopic (exact) mass is 665 g/mol. The normalized spacial score (nSPS) is 11.1. The van der Waals surface area contributed by atoms with Crippen LogP contribution in [0.3, 0.4) is 0 Å². The fourth-order valence-corrected chi connectivity index (χ4v) is 6.87. The van der Waals surface area contributed by atoms with E-state index in [0.717, 1.165) is 39.7 Å². The Morgan fingerprint density at radius 1 is 0.500 bits per heavy atom. The Morgan fingerprint density at radius 2 is 0.840 bits per heavy atom. The standard InChI is InChI=1S/C44H31N3O2S/c45-31-35(44(48)49)30-32-16-22-39(23-17-32)47(38-14-8-3-9-15-38)41-26-20-34(21-27-41)43-29-28-42(50-43)33-18-24-40(25-19-33)46(36-10-4-1-5-11-36)37-12-6-2-7-13-37/h1-30H,(H,48,49). The molecule has 0 fully saturated rings. The van der Waals surface area contributed by atoms with Gasteiger partial charge in [-0.3, -0.25) is 0 Å². The zero-order valence-electron chi connectivity index (χ0n) is 26.9. The van der Waals surface area contributed by atoms with Gasteiger partial charge in [0, 0.05) is 43.9 Å². The third-order valence-electron chi connectivity index (χ3n) is 8.28. The highest BCUT2D eigenvalue weighted by atomic mass is 32.1. The topological polar surface area (TPSA) is 67.6 Å². The molecule has 0 atom stereocenters. The molecule has 240 valence electrons. The van der Waals surface area contributed by atoms with Crippen molar-refractivity contribution in [3.63, 3.8) is 0 Å². The third-order valence-corrected chi connectivity index (χ3v) is 9.47. The number of nitrogens with zero attached hydrogens (tertiary/aromatic N) is 3. The fourth-order valence-electron chi connectivity index (χ4n) is 5.85. The number of rotatable bonds is 10. The summed E-state index contributed by atoms with van der Waals surface area (Å²) in [6.45, 7) is 0. The van der Waals surface area contributed by atoms with E-state index >= 15 is 0 Å². The molecule has 0 aliphatic rings. The molecular weight excluding hydrogens is 635 g/mol. The first kappa shape index (κ1) is 31.9. The maximum atomic E-state index is 11.3. The highest BCUT2D eigenvalue weighted by Gasteiger charge is 2.15. The maximum Gasteiger partial charge on any atom is 0.346 e. The van der Waals surface area contributed by atoms with Crippen LogP contribution >= 0.6 is 11.3 Å². The Morgan fingerprint density at radius 3 is 1.18 bits per heavy atom. The second-order valence-corrected chi connectivity index (χ2v) is 12.6. The number of carbonyl (C=O) groups is 1. The maximum absolute atomic E-state index is 11.3. The predicted octanol–water partition coefficient (Wildman–Crippen LogP) is 12.0. The number of para-hydroxylation sites is 3. The van der Waals surface area contributed by atoms with Gasteiger partial charge in [-0.15, -0.1) is 11.3 Å². The minimum Gasteiger partial charge on any atom is -0.477 e. The first-order chi connectivity index (χ1) is 24.6. The van der Waals surface area contributed by atoms with Gasteiger partial charge in [0.2, 0.25) is 0 Å². The van der Waals surface area contributed by atoms with Gasteiger partial charge in [-0.05, 0) is 108 Å². The summed E-state index contributed by atoms with van der Waals surface area (Å²) in [5.41, 5.74) is 8.84. The van der Waals surface area contributed by atoms with Crippen molar-refractivity contribution in [3.8, 4) is 27.0 Å². The molecule has 50 heavy (non-hydrogen) atoms. The molecule has 0 unspecified atom stereocenters. The van der Waals surface area contributed by atoms with Crippen LogP contribution in [0, 0.1) is 11.3 Å². The molecule has 7 rings (SSSR count). The quantitative estimate of drug-likeness (QED) is 0.116. The second kappa shape index (κ2) is 14.6. The molecule has 0 saturated heterocycles. The van der Waals surface area contributed by atoms with E-state index in [1.54, 1.807) is 17.4 Å².